The van der Waals surface area contributed by atoms with Crippen LogP contribution in [0.25, 0.3) is 0 Å². The van der Waals surface area contributed by atoms with Crippen molar-refractivity contribution in [3.05, 3.63) is 72.9 Å². The molecule has 0 rings (SSSR count). The van der Waals surface area contributed by atoms with Gasteiger partial charge in [-0.15, -0.1) is 0 Å². The lowest BCUT2D eigenvalue weighted by Gasteiger charge is -2.18. The summed E-state index contributed by atoms with van der Waals surface area (Å²) >= 11 is 0. The van der Waals surface area contributed by atoms with E-state index in [1.165, 1.54) is 250 Å². The summed E-state index contributed by atoms with van der Waals surface area (Å²) in [6.45, 7) is 6.54. The van der Waals surface area contributed by atoms with Gasteiger partial charge in [-0.05, 0) is 83.5 Å². The van der Waals surface area contributed by atoms with E-state index in [2.05, 4.69) is 93.7 Å². The van der Waals surface area contributed by atoms with Crippen LogP contribution < -0.4 is 0 Å². The van der Waals surface area contributed by atoms with Crippen LogP contribution in [0.15, 0.2) is 72.9 Å². The number of ether oxygens (including phenoxy) is 3. The summed E-state index contributed by atoms with van der Waals surface area (Å²) < 4.78 is 17.0. The number of unbranched alkanes of at least 4 members (excludes halogenated alkanes) is 43. The van der Waals surface area contributed by atoms with E-state index in [0.717, 1.165) is 77.0 Å². The Morgan fingerprint density at radius 2 is 0.488 bits per heavy atom. The zero-order valence-corrected chi connectivity index (χ0v) is 54.8. The summed E-state index contributed by atoms with van der Waals surface area (Å²) in [6.07, 6.45) is 92.3. The largest absolute Gasteiger partial charge is 0.462 e. The van der Waals surface area contributed by atoms with Crippen LogP contribution >= 0.6 is 0 Å². The summed E-state index contributed by atoms with van der Waals surface area (Å²) in [5, 5.41) is 0. The number of rotatable bonds is 66. The second-order valence-corrected chi connectivity index (χ2v) is 24.1. The van der Waals surface area contributed by atoms with E-state index in [1.807, 2.05) is 0 Å². The van der Waals surface area contributed by atoms with Crippen molar-refractivity contribution in [3.8, 4) is 0 Å². The van der Waals surface area contributed by atoms with Gasteiger partial charge >= 0.3 is 17.9 Å². The first kappa shape index (κ1) is 78.8. The highest BCUT2D eigenvalue weighted by Gasteiger charge is 2.19. The third kappa shape index (κ3) is 67.6. The number of carbonyl (C=O) groups excluding carboxylic acids is 3. The van der Waals surface area contributed by atoms with E-state index >= 15 is 0 Å². The first-order valence-corrected chi connectivity index (χ1v) is 35.9. The molecule has 0 aliphatic carbocycles. The lowest BCUT2D eigenvalue weighted by molar-refractivity contribution is -0.167. The molecule has 0 aliphatic heterocycles. The fourth-order valence-electron chi connectivity index (χ4n) is 10.6. The highest BCUT2D eigenvalue weighted by Crippen LogP contribution is 2.18. The lowest BCUT2D eigenvalue weighted by atomic mass is 10.0. The van der Waals surface area contributed by atoms with Gasteiger partial charge < -0.3 is 14.2 Å². The van der Waals surface area contributed by atoms with Crippen molar-refractivity contribution in [1.82, 2.24) is 0 Å². The number of carbonyl (C=O) groups is 3. The monoisotopic (exact) mass is 1150 g/mol. The summed E-state index contributed by atoms with van der Waals surface area (Å²) in [6, 6.07) is 0. The number of hydrogen-bond donors (Lipinski definition) is 0. The quantitative estimate of drug-likeness (QED) is 0.0261. The van der Waals surface area contributed by atoms with Crippen LogP contribution in [0.2, 0.25) is 0 Å². The van der Waals surface area contributed by atoms with E-state index in [4.69, 9.17) is 14.2 Å². The van der Waals surface area contributed by atoms with Crippen molar-refractivity contribution in [2.24, 2.45) is 0 Å². The molecule has 0 fully saturated rings. The number of hydrogen-bond acceptors (Lipinski definition) is 6. The molecule has 476 valence electrons. The highest BCUT2D eigenvalue weighted by atomic mass is 16.6. The van der Waals surface area contributed by atoms with E-state index in [-0.39, 0.29) is 37.5 Å². The van der Waals surface area contributed by atoms with Crippen molar-refractivity contribution in [1.29, 1.82) is 0 Å². The van der Waals surface area contributed by atoms with Gasteiger partial charge in [0, 0.05) is 19.3 Å². The van der Waals surface area contributed by atoms with Crippen molar-refractivity contribution in [2.75, 3.05) is 13.2 Å². The standard InChI is InChI=1S/C76H136O6/c1-4-7-10-13-16-19-22-25-28-31-33-35-36-37-38-39-40-41-43-45-48-51-54-57-60-63-66-69-75(78)81-72-73(71-80-74(77)68-65-62-59-56-53-50-47-44-30-27-24-21-18-15-12-9-6-3)82-76(79)70-67-64-61-58-55-52-49-46-42-34-32-29-26-23-20-17-14-11-8-5-2/h9,12,18,21,27,30-31,33,47,50,56,59,73H,4-8,10-11,13-17,19-20,22-26,28-29,32,34-46,48-49,51-55,57-58,60-72H2,1-3H3/b12-9-,21-18-,30-27-,33-31-,50-47-,59-56-. The van der Waals surface area contributed by atoms with Gasteiger partial charge in [0.05, 0.1) is 0 Å². The Hall–Kier alpha value is -3.15. The predicted molar refractivity (Wildman–Crippen MR) is 358 cm³/mol. The maximum absolute atomic E-state index is 13.0. The topological polar surface area (TPSA) is 78.9 Å². The molecule has 1 unspecified atom stereocenters. The predicted octanol–water partition coefficient (Wildman–Crippen LogP) is 24.8. The molecule has 0 saturated heterocycles. The average molecular weight is 1150 g/mol. The molecular weight excluding hydrogens is 1010 g/mol. The molecule has 0 aromatic carbocycles. The van der Waals surface area contributed by atoms with Gasteiger partial charge in [0.15, 0.2) is 6.10 Å². The van der Waals surface area contributed by atoms with Gasteiger partial charge in [-0.2, -0.15) is 0 Å². The Balaban J connectivity index is 4.32. The molecule has 0 spiro atoms. The van der Waals surface area contributed by atoms with Crippen molar-refractivity contribution < 1.29 is 28.6 Å². The maximum atomic E-state index is 13.0. The Kier molecular flexibility index (Phi) is 67.6. The van der Waals surface area contributed by atoms with Crippen LogP contribution in [0.5, 0.6) is 0 Å². The molecule has 6 heteroatoms. The van der Waals surface area contributed by atoms with Crippen LogP contribution in [0.1, 0.15) is 374 Å². The van der Waals surface area contributed by atoms with E-state index in [1.54, 1.807) is 0 Å². The number of allylic oxidation sites excluding steroid dienone is 12. The summed E-state index contributed by atoms with van der Waals surface area (Å²) in [5.41, 5.74) is 0. The van der Waals surface area contributed by atoms with Gasteiger partial charge in [0.2, 0.25) is 0 Å². The second kappa shape index (κ2) is 70.3. The van der Waals surface area contributed by atoms with E-state index in [9.17, 15) is 14.4 Å². The van der Waals surface area contributed by atoms with Crippen molar-refractivity contribution >= 4 is 17.9 Å². The molecule has 0 amide bonds. The molecule has 82 heavy (non-hydrogen) atoms. The van der Waals surface area contributed by atoms with Crippen molar-refractivity contribution in [2.45, 2.75) is 380 Å². The smallest absolute Gasteiger partial charge is 0.306 e. The van der Waals surface area contributed by atoms with Crippen LogP contribution in [-0.4, -0.2) is 37.2 Å². The zero-order valence-electron chi connectivity index (χ0n) is 54.8. The Morgan fingerprint density at radius 3 is 0.805 bits per heavy atom. The van der Waals surface area contributed by atoms with Gasteiger partial charge in [0.25, 0.3) is 0 Å². The van der Waals surface area contributed by atoms with Gasteiger partial charge in [-0.3, -0.25) is 14.4 Å². The minimum absolute atomic E-state index is 0.0888. The molecule has 0 radical (unpaired) electrons. The number of esters is 3. The minimum Gasteiger partial charge on any atom is -0.462 e. The maximum Gasteiger partial charge on any atom is 0.306 e. The molecule has 0 saturated carbocycles. The lowest BCUT2D eigenvalue weighted by Crippen LogP contribution is -2.30. The molecule has 0 bridgehead atoms. The summed E-state index contributed by atoms with van der Waals surface area (Å²) in [7, 11) is 0. The molecule has 0 aromatic heterocycles. The SMILES string of the molecule is CC/C=C\C/C=C\C/C=C\C/C=C\C/C=C\CCCC(=O)OCC(COC(=O)CCCCCCCCCCCCCCCCC/C=C\CCCCCCCCCC)OC(=O)CCCCCCCCCCCCCCCCCCCCCC. The Labute approximate surface area is 510 Å². The van der Waals surface area contributed by atoms with Crippen LogP contribution in [0.4, 0.5) is 0 Å². The van der Waals surface area contributed by atoms with Gasteiger partial charge in [0.1, 0.15) is 13.2 Å². The van der Waals surface area contributed by atoms with E-state index < -0.39 is 6.10 Å². The third-order valence-electron chi connectivity index (χ3n) is 15.9. The molecule has 6 nitrogen and oxygen atoms in total. The first-order valence-electron chi connectivity index (χ1n) is 35.9. The van der Waals surface area contributed by atoms with Crippen LogP contribution in [-0.2, 0) is 28.6 Å². The minimum atomic E-state index is -0.798. The fraction of sp³-hybridized carbons (Fsp3) is 0.803. The third-order valence-corrected chi connectivity index (χ3v) is 15.9. The fourth-order valence-corrected chi connectivity index (χ4v) is 10.6. The average Bonchev–Trinajstić information content (AvgIpc) is 3.47. The molecule has 0 N–H and O–H groups in total. The summed E-state index contributed by atoms with van der Waals surface area (Å²) in [5.74, 6) is -0.926. The molecule has 0 aliphatic rings. The molecular formula is C76H136O6. The Bertz CT molecular complexity index is 1500. The molecule has 0 heterocycles. The Morgan fingerprint density at radius 1 is 0.256 bits per heavy atom. The van der Waals surface area contributed by atoms with Crippen LogP contribution in [0, 0.1) is 0 Å². The van der Waals surface area contributed by atoms with Crippen LogP contribution in [0.3, 0.4) is 0 Å². The van der Waals surface area contributed by atoms with Crippen molar-refractivity contribution in [3.63, 3.8) is 0 Å². The highest BCUT2D eigenvalue weighted by molar-refractivity contribution is 5.71. The molecule has 0 aromatic rings. The second-order valence-electron chi connectivity index (χ2n) is 24.1. The zero-order chi connectivity index (χ0) is 59.2. The van der Waals surface area contributed by atoms with Gasteiger partial charge in [-0.25, -0.2) is 0 Å². The molecule has 1 atom stereocenters. The van der Waals surface area contributed by atoms with E-state index in [0.29, 0.717) is 19.3 Å². The summed E-state index contributed by atoms with van der Waals surface area (Å²) in [4.78, 5) is 38.4. The first-order chi connectivity index (χ1) is 40.5. The van der Waals surface area contributed by atoms with Gasteiger partial charge in [-0.1, -0.05) is 344 Å². The normalized spacial score (nSPS) is 12.5.